The Labute approximate surface area is 223 Å². The lowest BCUT2D eigenvalue weighted by atomic mass is 10.1. The van der Waals surface area contributed by atoms with Gasteiger partial charge in [0.15, 0.2) is 17.3 Å². The van der Waals surface area contributed by atoms with Crippen LogP contribution in [0.4, 0.5) is 16.3 Å². The maximum Gasteiger partial charge on any atom is 0.245 e. The molecule has 0 aliphatic carbocycles. The summed E-state index contributed by atoms with van der Waals surface area (Å²) >= 11 is 0. The summed E-state index contributed by atoms with van der Waals surface area (Å²) in [6.45, 7) is 0.901. The quantitative estimate of drug-likeness (QED) is 0.389. The van der Waals surface area contributed by atoms with Crippen molar-refractivity contribution >= 4 is 21.9 Å². The van der Waals surface area contributed by atoms with E-state index in [1.54, 1.807) is 4.90 Å². The molecule has 2 aliphatic heterocycles. The molecule has 39 heavy (non-hydrogen) atoms. The van der Waals surface area contributed by atoms with Gasteiger partial charge in [-0.1, -0.05) is 0 Å². The van der Waals surface area contributed by atoms with Crippen LogP contribution in [0.25, 0.3) is 5.69 Å². The average Bonchev–Trinajstić information content (AvgIpc) is 3.62. The minimum atomic E-state index is -4.10. The minimum Gasteiger partial charge on any atom is -0.479 e. The predicted molar refractivity (Wildman–Crippen MR) is 134 cm³/mol. The van der Waals surface area contributed by atoms with Crippen LogP contribution in [0.3, 0.4) is 0 Å². The second-order valence-electron chi connectivity index (χ2n) is 8.93. The fourth-order valence-electron chi connectivity index (χ4n) is 4.66. The summed E-state index contributed by atoms with van der Waals surface area (Å²) in [5, 5.41) is 7.46. The maximum atomic E-state index is 13.8. The molecule has 5 rings (SSSR count). The molecular weight excluding hydrogens is 537 g/mol. The molecule has 0 amide bonds. The van der Waals surface area contributed by atoms with E-state index in [0.29, 0.717) is 25.4 Å². The predicted octanol–water partition coefficient (Wildman–Crippen LogP) is 0.891. The van der Waals surface area contributed by atoms with E-state index in [0.717, 1.165) is 18.8 Å². The minimum absolute atomic E-state index is 0.0364. The molecule has 3 atom stereocenters. The van der Waals surface area contributed by atoms with Crippen molar-refractivity contribution in [1.29, 1.82) is 0 Å². The Kier molecular flexibility index (Phi) is 7.72. The van der Waals surface area contributed by atoms with Crippen LogP contribution in [0.15, 0.2) is 18.7 Å². The van der Waals surface area contributed by atoms with E-state index < -0.39 is 33.3 Å². The van der Waals surface area contributed by atoms with Crippen LogP contribution in [-0.4, -0.2) is 95.5 Å². The number of ether oxygens (including phenoxy) is 4. The van der Waals surface area contributed by atoms with E-state index in [-0.39, 0.29) is 42.3 Å². The number of anilines is 2. The third-order valence-corrected chi connectivity index (χ3v) is 8.23. The fraction of sp³-hybridized carbons (Fsp3) is 0.545. The first-order chi connectivity index (χ1) is 18.8. The molecule has 3 aromatic rings. The Balaban J connectivity index is 1.52. The topological polar surface area (TPSA) is 169 Å². The van der Waals surface area contributed by atoms with Crippen LogP contribution in [-0.2, 0) is 19.5 Å². The van der Waals surface area contributed by atoms with Crippen molar-refractivity contribution in [2.24, 2.45) is 0 Å². The van der Waals surface area contributed by atoms with Gasteiger partial charge >= 0.3 is 0 Å². The molecular formula is C22H28FN9O6S. The highest BCUT2D eigenvalue weighted by Gasteiger charge is 2.39. The Hall–Kier alpha value is -3.70. The zero-order valence-corrected chi connectivity index (χ0v) is 22.3. The summed E-state index contributed by atoms with van der Waals surface area (Å²) in [4.78, 5) is 17.9. The second kappa shape index (κ2) is 11.2. The van der Waals surface area contributed by atoms with Crippen molar-refractivity contribution < 1.29 is 31.8 Å². The molecule has 210 valence electrons. The highest BCUT2D eigenvalue weighted by Crippen LogP contribution is 2.37. The molecule has 0 bridgehead atoms. The van der Waals surface area contributed by atoms with Gasteiger partial charge in [-0.25, -0.2) is 22.8 Å². The molecule has 2 aliphatic rings. The molecule has 1 N–H and O–H groups in total. The Morgan fingerprint density at radius 3 is 2.38 bits per heavy atom. The van der Waals surface area contributed by atoms with Gasteiger partial charge in [0.1, 0.15) is 17.7 Å². The van der Waals surface area contributed by atoms with Crippen LogP contribution in [0, 0.1) is 5.82 Å². The SMILES string of the molecule is COc1ncnc(OC)c1-n1c(NS(=O)(=O)C2CC(OC)CN(c3ncc(F)cn3)C2)nnc1[C@H]1CCCO1. The standard InChI is InChI=1S/C22H28FN9O6S/c1-35-14-7-15(11-31(10-14)21-24-8-13(23)9-25-21)39(33,34)30-22-29-28-18(16-5-4-6-38-16)32(22)17-19(36-2)26-12-27-20(17)37-3/h8-9,12,14-16H,4-7,10-11H2,1-3H3,(H,29,30)/t14?,15?,16-/m1/s1. The number of aromatic nitrogens is 7. The molecule has 5 heterocycles. The van der Waals surface area contributed by atoms with Crippen molar-refractivity contribution in [1.82, 2.24) is 34.7 Å². The Bertz CT molecular complexity index is 1380. The number of hydrogen-bond donors (Lipinski definition) is 1. The average molecular weight is 566 g/mol. The highest BCUT2D eigenvalue weighted by molar-refractivity contribution is 7.93. The van der Waals surface area contributed by atoms with Crippen LogP contribution in [0.5, 0.6) is 11.8 Å². The van der Waals surface area contributed by atoms with E-state index in [4.69, 9.17) is 18.9 Å². The number of methoxy groups -OCH3 is 3. The molecule has 15 nitrogen and oxygen atoms in total. The first kappa shape index (κ1) is 26.9. The van der Waals surface area contributed by atoms with Gasteiger partial charge in [0.05, 0.1) is 32.7 Å². The number of hydrogen-bond acceptors (Lipinski definition) is 13. The smallest absolute Gasteiger partial charge is 0.245 e. The van der Waals surface area contributed by atoms with Crippen LogP contribution in [0.1, 0.15) is 31.2 Å². The van der Waals surface area contributed by atoms with E-state index >= 15 is 0 Å². The number of piperidine rings is 1. The Morgan fingerprint density at radius 1 is 1.05 bits per heavy atom. The van der Waals surface area contributed by atoms with Crippen LogP contribution >= 0.6 is 0 Å². The normalized spacial score (nSPS) is 21.6. The number of sulfonamides is 1. The van der Waals surface area contributed by atoms with E-state index in [1.165, 1.54) is 32.2 Å². The molecule has 0 aromatic carbocycles. The molecule has 2 unspecified atom stereocenters. The van der Waals surface area contributed by atoms with Crippen molar-refractivity contribution in [3.05, 3.63) is 30.4 Å². The lowest BCUT2D eigenvalue weighted by molar-refractivity contribution is 0.0898. The molecule has 0 saturated carbocycles. The summed E-state index contributed by atoms with van der Waals surface area (Å²) in [6.07, 6.45) is 4.09. The third kappa shape index (κ3) is 5.41. The molecule has 0 radical (unpaired) electrons. The van der Waals surface area contributed by atoms with Gasteiger partial charge in [-0.2, -0.15) is 9.97 Å². The van der Waals surface area contributed by atoms with E-state index in [2.05, 4.69) is 34.9 Å². The van der Waals surface area contributed by atoms with Crippen molar-refractivity contribution in [3.8, 4) is 17.4 Å². The first-order valence-corrected chi connectivity index (χ1v) is 13.7. The molecule has 3 aromatic heterocycles. The Morgan fingerprint density at radius 2 is 1.77 bits per heavy atom. The molecule has 2 fully saturated rings. The van der Waals surface area contributed by atoms with Crippen molar-refractivity contribution in [2.75, 3.05) is 50.6 Å². The van der Waals surface area contributed by atoms with Gasteiger partial charge < -0.3 is 23.8 Å². The monoisotopic (exact) mass is 565 g/mol. The fourth-order valence-corrected chi connectivity index (χ4v) is 6.05. The van der Waals surface area contributed by atoms with Gasteiger partial charge in [0.25, 0.3) is 0 Å². The van der Waals surface area contributed by atoms with Gasteiger partial charge in [-0.05, 0) is 19.3 Å². The third-order valence-electron chi connectivity index (χ3n) is 6.54. The maximum absolute atomic E-state index is 13.8. The number of nitrogens with one attached hydrogen (secondary N) is 1. The van der Waals surface area contributed by atoms with Crippen molar-refractivity contribution in [2.45, 2.75) is 36.7 Å². The van der Waals surface area contributed by atoms with Gasteiger partial charge in [0, 0.05) is 26.8 Å². The van der Waals surface area contributed by atoms with Crippen molar-refractivity contribution in [3.63, 3.8) is 0 Å². The summed E-state index contributed by atoms with van der Waals surface area (Å²) in [5.74, 6) is 0.0728. The largest absolute Gasteiger partial charge is 0.479 e. The highest BCUT2D eigenvalue weighted by atomic mass is 32.2. The number of nitrogens with zero attached hydrogens (tertiary/aromatic N) is 8. The summed E-state index contributed by atoms with van der Waals surface area (Å²) < 4.78 is 67.2. The summed E-state index contributed by atoms with van der Waals surface area (Å²) in [5.41, 5.74) is 0.218. The van der Waals surface area contributed by atoms with E-state index in [1.807, 2.05) is 0 Å². The van der Waals surface area contributed by atoms with E-state index in [9.17, 15) is 12.8 Å². The zero-order valence-electron chi connectivity index (χ0n) is 21.5. The second-order valence-corrected chi connectivity index (χ2v) is 10.9. The summed E-state index contributed by atoms with van der Waals surface area (Å²) in [6, 6.07) is 0. The lowest BCUT2D eigenvalue weighted by Crippen LogP contribution is -2.51. The lowest BCUT2D eigenvalue weighted by Gasteiger charge is -2.36. The molecule has 2 saturated heterocycles. The van der Waals surface area contributed by atoms with Crippen LogP contribution < -0.4 is 19.1 Å². The molecule has 17 heteroatoms. The number of rotatable bonds is 9. The van der Waals surface area contributed by atoms with Gasteiger partial charge in [0.2, 0.25) is 33.7 Å². The first-order valence-electron chi connectivity index (χ1n) is 12.1. The summed E-state index contributed by atoms with van der Waals surface area (Å²) in [7, 11) is 0.241. The zero-order chi connectivity index (χ0) is 27.6. The van der Waals surface area contributed by atoms with Gasteiger partial charge in [-0.3, -0.25) is 9.29 Å². The molecule has 0 spiro atoms. The van der Waals surface area contributed by atoms with Crippen LogP contribution in [0.2, 0.25) is 0 Å². The number of halogens is 1. The van der Waals surface area contributed by atoms with Gasteiger partial charge in [-0.15, -0.1) is 10.2 Å².